The van der Waals surface area contributed by atoms with E-state index in [2.05, 4.69) is 20.9 Å². The maximum Gasteiger partial charge on any atom is 0.0558 e. The van der Waals surface area contributed by atoms with E-state index in [0.717, 1.165) is 45.7 Å². The van der Waals surface area contributed by atoms with Crippen LogP contribution in [0.5, 0.6) is 0 Å². The van der Waals surface area contributed by atoms with Crippen LogP contribution in [-0.2, 0) is 6.42 Å². The van der Waals surface area contributed by atoms with Gasteiger partial charge in [0.15, 0.2) is 0 Å². The molecule has 0 aliphatic carbocycles. The van der Waals surface area contributed by atoms with Gasteiger partial charge in [0.05, 0.1) is 6.61 Å². The fraction of sp³-hybridized carbons (Fsp3) is 0.615. The van der Waals surface area contributed by atoms with Crippen LogP contribution in [0.15, 0.2) is 24.5 Å². The molecule has 0 radical (unpaired) electrons. The molecule has 1 N–H and O–H groups in total. The SMILES string of the molecule is OCCN1CCN(CCc2cccnc2)CC1. The van der Waals surface area contributed by atoms with Gasteiger partial charge in [0.25, 0.3) is 0 Å². The van der Waals surface area contributed by atoms with Crippen molar-refractivity contribution >= 4 is 0 Å². The molecule has 2 rings (SSSR count). The zero-order valence-corrected chi connectivity index (χ0v) is 10.3. The van der Waals surface area contributed by atoms with Crippen LogP contribution in [0, 0.1) is 0 Å². The molecule has 1 aliphatic heterocycles. The Morgan fingerprint density at radius 2 is 1.82 bits per heavy atom. The van der Waals surface area contributed by atoms with Crippen molar-refractivity contribution in [3.8, 4) is 0 Å². The van der Waals surface area contributed by atoms with E-state index >= 15 is 0 Å². The summed E-state index contributed by atoms with van der Waals surface area (Å²) in [6, 6.07) is 4.13. The largest absolute Gasteiger partial charge is 0.395 e. The van der Waals surface area contributed by atoms with Gasteiger partial charge in [-0.2, -0.15) is 0 Å². The second kappa shape index (κ2) is 6.69. The molecule has 0 spiro atoms. The second-order valence-corrected chi connectivity index (χ2v) is 4.52. The quantitative estimate of drug-likeness (QED) is 0.793. The van der Waals surface area contributed by atoms with E-state index in [1.807, 2.05) is 18.5 Å². The molecule has 1 saturated heterocycles. The van der Waals surface area contributed by atoms with Crippen molar-refractivity contribution in [1.29, 1.82) is 0 Å². The predicted molar refractivity (Wildman–Crippen MR) is 67.9 cm³/mol. The molecule has 0 saturated carbocycles. The van der Waals surface area contributed by atoms with Crippen LogP contribution in [0.2, 0.25) is 0 Å². The first kappa shape index (κ1) is 12.5. The molecule has 0 unspecified atom stereocenters. The lowest BCUT2D eigenvalue weighted by atomic mass is 10.2. The number of rotatable bonds is 5. The van der Waals surface area contributed by atoms with E-state index in [9.17, 15) is 0 Å². The first-order valence-corrected chi connectivity index (χ1v) is 6.33. The minimum atomic E-state index is 0.273. The molecular weight excluding hydrogens is 214 g/mol. The number of hydrogen-bond donors (Lipinski definition) is 1. The fourth-order valence-corrected chi connectivity index (χ4v) is 2.21. The molecule has 1 aromatic rings. The van der Waals surface area contributed by atoms with Gasteiger partial charge in [-0.3, -0.25) is 9.88 Å². The van der Waals surface area contributed by atoms with Crippen LogP contribution in [0.3, 0.4) is 0 Å². The van der Waals surface area contributed by atoms with Gasteiger partial charge in [-0.15, -0.1) is 0 Å². The Morgan fingerprint density at radius 3 is 2.41 bits per heavy atom. The Morgan fingerprint density at radius 1 is 1.12 bits per heavy atom. The maximum atomic E-state index is 8.87. The molecular formula is C13H21N3O. The minimum absolute atomic E-state index is 0.273. The van der Waals surface area contributed by atoms with Crippen LogP contribution in [0.1, 0.15) is 5.56 Å². The van der Waals surface area contributed by atoms with E-state index < -0.39 is 0 Å². The Bertz CT molecular complexity index is 310. The summed E-state index contributed by atoms with van der Waals surface area (Å²) in [5, 5.41) is 8.87. The molecule has 0 bridgehead atoms. The Hall–Kier alpha value is -0.970. The Labute approximate surface area is 103 Å². The number of aliphatic hydroxyl groups is 1. The van der Waals surface area contributed by atoms with E-state index in [1.54, 1.807) is 0 Å². The molecule has 4 nitrogen and oxygen atoms in total. The van der Waals surface area contributed by atoms with Gasteiger partial charge in [0.2, 0.25) is 0 Å². The smallest absolute Gasteiger partial charge is 0.0558 e. The van der Waals surface area contributed by atoms with Crippen molar-refractivity contribution in [1.82, 2.24) is 14.8 Å². The van der Waals surface area contributed by atoms with E-state index in [4.69, 9.17) is 5.11 Å². The summed E-state index contributed by atoms with van der Waals surface area (Å²) in [6.45, 7) is 6.58. The molecule has 94 valence electrons. The normalized spacial score (nSPS) is 18.4. The lowest BCUT2D eigenvalue weighted by Crippen LogP contribution is -2.47. The molecule has 1 fully saturated rings. The van der Waals surface area contributed by atoms with Crippen molar-refractivity contribution in [2.45, 2.75) is 6.42 Å². The average molecular weight is 235 g/mol. The van der Waals surface area contributed by atoms with Crippen molar-refractivity contribution in [2.24, 2.45) is 0 Å². The molecule has 1 aliphatic rings. The number of aromatic nitrogens is 1. The van der Waals surface area contributed by atoms with Crippen LogP contribution >= 0.6 is 0 Å². The Kier molecular flexibility index (Phi) is 4.91. The Balaban J connectivity index is 1.68. The highest BCUT2D eigenvalue weighted by Gasteiger charge is 2.15. The van der Waals surface area contributed by atoms with E-state index in [1.165, 1.54) is 5.56 Å². The van der Waals surface area contributed by atoms with Gasteiger partial charge in [0, 0.05) is 51.7 Å². The summed E-state index contributed by atoms with van der Waals surface area (Å²) in [5.74, 6) is 0. The molecule has 0 amide bonds. The zero-order chi connectivity index (χ0) is 11.9. The monoisotopic (exact) mass is 235 g/mol. The van der Waals surface area contributed by atoms with E-state index in [-0.39, 0.29) is 6.61 Å². The van der Waals surface area contributed by atoms with Gasteiger partial charge >= 0.3 is 0 Å². The van der Waals surface area contributed by atoms with Crippen molar-refractivity contribution in [3.05, 3.63) is 30.1 Å². The average Bonchev–Trinajstić information content (AvgIpc) is 2.40. The fourth-order valence-electron chi connectivity index (χ4n) is 2.21. The van der Waals surface area contributed by atoms with Gasteiger partial charge in [0.1, 0.15) is 0 Å². The van der Waals surface area contributed by atoms with Gasteiger partial charge in [-0.05, 0) is 18.1 Å². The highest BCUT2D eigenvalue weighted by Crippen LogP contribution is 2.04. The molecule has 4 heteroatoms. The summed E-state index contributed by atoms with van der Waals surface area (Å²) >= 11 is 0. The van der Waals surface area contributed by atoms with E-state index in [0.29, 0.717) is 0 Å². The summed E-state index contributed by atoms with van der Waals surface area (Å²) in [5.41, 5.74) is 1.31. The van der Waals surface area contributed by atoms with Crippen molar-refractivity contribution in [2.75, 3.05) is 45.9 Å². The summed E-state index contributed by atoms with van der Waals surface area (Å²) in [4.78, 5) is 8.94. The third kappa shape index (κ3) is 4.07. The number of aliphatic hydroxyl groups excluding tert-OH is 1. The molecule has 0 aromatic carbocycles. The number of β-amino-alcohol motifs (C(OH)–C–C–N with tert-alkyl or cyclic N) is 1. The number of pyridine rings is 1. The zero-order valence-electron chi connectivity index (χ0n) is 10.3. The van der Waals surface area contributed by atoms with Gasteiger partial charge < -0.3 is 10.0 Å². The first-order valence-electron chi connectivity index (χ1n) is 6.33. The molecule has 2 heterocycles. The lowest BCUT2D eigenvalue weighted by Gasteiger charge is -2.34. The maximum absolute atomic E-state index is 8.87. The van der Waals surface area contributed by atoms with Crippen molar-refractivity contribution < 1.29 is 5.11 Å². The third-order valence-corrected chi connectivity index (χ3v) is 3.32. The summed E-state index contributed by atoms with van der Waals surface area (Å²) in [6.07, 6.45) is 4.84. The standard InChI is InChI=1S/C13H21N3O/c17-11-10-16-8-6-15(7-9-16)5-3-13-2-1-4-14-12-13/h1-2,4,12,17H,3,5-11H2. The van der Waals surface area contributed by atoms with Crippen molar-refractivity contribution in [3.63, 3.8) is 0 Å². The summed E-state index contributed by atoms with van der Waals surface area (Å²) in [7, 11) is 0. The van der Waals surface area contributed by atoms with Gasteiger partial charge in [-0.25, -0.2) is 0 Å². The summed E-state index contributed by atoms with van der Waals surface area (Å²) < 4.78 is 0. The highest BCUT2D eigenvalue weighted by atomic mass is 16.3. The number of nitrogens with zero attached hydrogens (tertiary/aromatic N) is 3. The highest BCUT2D eigenvalue weighted by molar-refractivity contribution is 5.08. The van der Waals surface area contributed by atoms with Crippen LogP contribution in [0.4, 0.5) is 0 Å². The predicted octanol–water partition coefficient (Wildman–Crippen LogP) is 0.234. The van der Waals surface area contributed by atoms with Gasteiger partial charge in [-0.1, -0.05) is 6.07 Å². The van der Waals surface area contributed by atoms with Crippen LogP contribution < -0.4 is 0 Å². The molecule has 0 atom stereocenters. The third-order valence-electron chi connectivity index (χ3n) is 3.32. The molecule has 17 heavy (non-hydrogen) atoms. The number of hydrogen-bond acceptors (Lipinski definition) is 4. The number of piperazine rings is 1. The topological polar surface area (TPSA) is 39.6 Å². The van der Waals surface area contributed by atoms with Crippen LogP contribution in [-0.4, -0.2) is 65.8 Å². The second-order valence-electron chi connectivity index (χ2n) is 4.52. The van der Waals surface area contributed by atoms with Crippen LogP contribution in [0.25, 0.3) is 0 Å². The molecule has 1 aromatic heterocycles. The first-order chi connectivity index (χ1) is 8.38. The lowest BCUT2D eigenvalue weighted by molar-refractivity contribution is 0.113. The minimum Gasteiger partial charge on any atom is -0.395 e.